The van der Waals surface area contributed by atoms with Crippen molar-refractivity contribution >= 4 is 11.9 Å². The van der Waals surface area contributed by atoms with Gasteiger partial charge in [0.05, 0.1) is 6.42 Å². The van der Waals surface area contributed by atoms with Crippen LogP contribution in [0.2, 0.25) is 0 Å². The summed E-state index contributed by atoms with van der Waals surface area (Å²) in [5.41, 5.74) is 0.817. The summed E-state index contributed by atoms with van der Waals surface area (Å²) in [4.78, 5) is 21.5. The van der Waals surface area contributed by atoms with Gasteiger partial charge in [-0.15, -0.1) is 0 Å². The summed E-state index contributed by atoms with van der Waals surface area (Å²) in [7, 11) is 0. The number of hydrogen-bond donors (Lipinski definition) is 2. The van der Waals surface area contributed by atoms with Gasteiger partial charge in [-0.2, -0.15) is 0 Å². The van der Waals surface area contributed by atoms with E-state index in [0.29, 0.717) is 6.42 Å². The number of aryl methyl sites for hydroxylation is 2. The number of aliphatic carboxylic acids is 2. The van der Waals surface area contributed by atoms with Gasteiger partial charge in [0.2, 0.25) is 0 Å². The van der Waals surface area contributed by atoms with E-state index in [9.17, 15) is 9.59 Å². The highest BCUT2D eigenvalue weighted by Gasteiger charge is 2.13. The first kappa shape index (κ1) is 15.0. The summed E-state index contributed by atoms with van der Waals surface area (Å²) in [5, 5.41) is 17.6. The molecule has 0 bridgehead atoms. The van der Waals surface area contributed by atoms with Crippen molar-refractivity contribution in [2.75, 3.05) is 0 Å². The molecule has 0 unspecified atom stereocenters. The molecular formula is C14H18O5. The molecule has 0 spiro atoms. The van der Waals surface area contributed by atoms with E-state index >= 15 is 0 Å². The average molecular weight is 266 g/mol. The highest BCUT2D eigenvalue weighted by Crippen LogP contribution is 2.18. The van der Waals surface area contributed by atoms with Crippen molar-refractivity contribution in [1.82, 2.24) is 0 Å². The summed E-state index contributed by atoms with van der Waals surface area (Å²) in [6.07, 6.45) is 2.85. The van der Waals surface area contributed by atoms with E-state index in [4.69, 9.17) is 14.6 Å². The summed E-state index contributed by atoms with van der Waals surface area (Å²) < 4.78 is 5.59. The van der Waals surface area contributed by atoms with E-state index in [0.717, 1.165) is 29.9 Å². The zero-order chi connectivity index (χ0) is 14.4. The molecule has 5 nitrogen and oxygen atoms in total. The first-order chi connectivity index (χ1) is 8.97. The topological polar surface area (TPSA) is 87.7 Å². The maximum absolute atomic E-state index is 10.9. The van der Waals surface area contributed by atoms with Crippen molar-refractivity contribution in [2.45, 2.75) is 39.5 Å². The standard InChI is InChI=1S/C14H18O5/c1-3-11-7-9(12(4-2)19-11)5-6-10(14(17)18)8-13(15)16/h6-7H,3-5,8H2,1-2H3,(H,15,16)(H,17,18). The maximum atomic E-state index is 10.9. The van der Waals surface area contributed by atoms with Gasteiger partial charge in [0.15, 0.2) is 0 Å². The van der Waals surface area contributed by atoms with Crippen LogP contribution in [0.3, 0.4) is 0 Å². The van der Waals surface area contributed by atoms with Crippen LogP contribution in [-0.4, -0.2) is 22.2 Å². The quantitative estimate of drug-likeness (QED) is 0.740. The molecule has 0 atom stereocenters. The van der Waals surface area contributed by atoms with Crippen LogP contribution < -0.4 is 0 Å². The lowest BCUT2D eigenvalue weighted by Crippen LogP contribution is -2.07. The third kappa shape index (κ3) is 4.28. The van der Waals surface area contributed by atoms with Gasteiger partial charge in [0.25, 0.3) is 0 Å². The van der Waals surface area contributed by atoms with E-state index < -0.39 is 18.4 Å². The highest BCUT2D eigenvalue weighted by molar-refractivity contribution is 5.92. The Bertz CT molecular complexity index is 496. The molecule has 1 aromatic heterocycles. The molecule has 0 aliphatic heterocycles. The summed E-state index contributed by atoms with van der Waals surface area (Å²) in [6, 6.07) is 1.90. The molecule has 0 amide bonds. The third-order valence-corrected chi connectivity index (χ3v) is 2.80. The van der Waals surface area contributed by atoms with Gasteiger partial charge in [-0.05, 0) is 18.1 Å². The molecule has 0 aliphatic carbocycles. The van der Waals surface area contributed by atoms with Gasteiger partial charge < -0.3 is 14.6 Å². The molecular weight excluding hydrogens is 248 g/mol. The van der Waals surface area contributed by atoms with Crippen molar-refractivity contribution in [3.63, 3.8) is 0 Å². The SMILES string of the molecule is CCc1cc(CC=C(CC(=O)O)C(=O)O)c(CC)o1. The predicted octanol–water partition coefficient (Wildman–Crippen LogP) is 2.43. The molecule has 0 fully saturated rings. The monoisotopic (exact) mass is 266 g/mol. The second-order valence-corrected chi connectivity index (χ2v) is 4.18. The molecule has 0 saturated carbocycles. The van der Waals surface area contributed by atoms with Crippen LogP contribution in [0, 0.1) is 0 Å². The summed E-state index contributed by atoms with van der Waals surface area (Å²) in [5.74, 6) is -0.658. The Morgan fingerprint density at radius 2 is 1.95 bits per heavy atom. The lowest BCUT2D eigenvalue weighted by atomic mass is 10.1. The predicted molar refractivity (Wildman–Crippen MR) is 69.1 cm³/mol. The molecule has 2 N–H and O–H groups in total. The Morgan fingerprint density at radius 1 is 1.26 bits per heavy atom. The Hall–Kier alpha value is -2.04. The van der Waals surface area contributed by atoms with Crippen molar-refractivity contribution in [3.8, 4) is 0 Å². The van der Waals surface area contributed by atoms with E-state index in [2.05, 4.69) is 0 Å². The number of furan rings is 1. The van der Waals surface area contributed by atoms with E-state index in [1.807, 2.05) is 19.9 Å². The lowest BCUT2D eigenvalue weighted by molar-refractivity contribution is -0.139. The van der Waals surface area contributed by atoms with Crippen molar-refractivity contribution in [1.29, 1.82) is 0 Å². The molecule has 0 aliphatic rings. The number of carboxylic acids is 2. The second-order valence-electron chi connectivity index (χ2n) is 4.18. The largest absolute Gasteiger partial charge is 0.481 e. The lowest BCUT2D eigenvalue weighted by Gasteiger charge is -1.99. The molecule has 1 aromatic rings. The van der Waals surface area contributed by atoms with Gasteiger partial charge in [-0.3, -0.25) is 4.79 Å². The first-order valence-corrected chi connectivity index (χ1v) is 6.22. The van der Waals surface area contributed by atoms with Gasteiger partial charge >= 0.3 is 11.9 Å². The second kappa shape index (κ2) is 6.78. The Balaban J connectivity index is 2.90. The molecule has 19 heavy (non-hydrogen) atoms. The van der Waals surface area contributed by atoms with Crippen LogP contribution in [0.4, 0.5) is 0 Å². The number of carboxylic acid groups (broad SMARTS) is 2. The Labute approximate surface area is 111 Å². The van der Waals surface area contributed by atoms with E-state index in [1.54, 1.807) is 0 Å². The van der Waals surface area contributed by atoms with Crippen LogP contribution in [-0.2, 0) is 28.9 Å². The molecule has 0 saturated heterocycles. The normalized spacial score (nSPS) is 11.6. The first-order valence-electron chi connectivity index (χ1n) is 6.22. The zero-order valence-corrected chi connectivity index (χ0v) is 11.1. The van der Waals surface area contributed by atoms with Crippen molar-refractivity contribution < 1.29 is 24.2 Å². The molecule has 104 valence electrons. The van der Waals surface area contributed by atoms with Gasteiger partial charge in [0.1, 0.15) is 11.5 Å². The van der Waals surface area contributed by atoms with Crippen LogP contribution in [0.5, 0.6) is 0 Å². The van der Waals surface area contributed by atoms with Gasteiger partial charge in [-0.25, -0.2) is 4.79 Å². The average Bonchev–Trinajstić information content (AvgIpc) is 2.76. The molecule has 0 radical (unpaired) electrons. The number of hydrogen-bond acceptors (Lipinski definition) is 3. The zero-order valence-electron chi connectivity index (χ0n) is 11.1. The van der Waals surface area contributed by atoms with Crippen molar-refractivity contribution in [3.05, 3.63) is 34.8 Å². The molecule has 1 heterocycles. The fourth-order valence-electron chi connectivity index (χ4n) is 1.81. The minimum absolute atomic E-state index is 0.103. The van der Waals surface area contributed by atoms with Crippen LogP contribution in [0.1, 0.15) is 37.4 Å². The van der Waals surface area contributed by atoms with Crippen LogP contribution in [0.15, 0.2) is 22.1 Å². The Kier molecular flexibility index (Phi) is 5.36. The number of allylic oxidation sites excluding steroid dienone is 1. The number of carbonyl (C=O) groups is 2. The summed E-state index contributed by atoms with van der Waals surface area (Å²) >= 11 is 0. The minimum Gasteiger partial charge on any atom is -0.481 e. The number of rotatable bonds is 7. The third-order valence-electron chi connectivity index (χ3n) is 2.80. The molecule has 5 heteroatoms. The highest BCUT2D eigenvalue weighted by atomic mass is 16.4. The minimum atomic E-state index is -1.19. The fourth-order valence-corrected chi connectivity index (χ4v) is 1.81. The van der Waals surface area contributed by atoms with Crippen molar-refractivity contribution in [2.24, 2.45) is 0 Å². The van der Waals surface area contributed by atoms with E-state index in [-0.39, 0.29) is 5.57 Å². The molecule has 0 aromatic carbocycles. The van der Waals surface area contributed by atoms with E-state index in [1.165, 1.54) is 6.08 Å². The Morgan fingerprint density at radius 3 is 2.42 bits per heavy atom. The van der Waals surface area contributed by atoms with Crippen LogP contribution >= 0.6 is 0 Å². The van der Waals surface area contributed by atoms with Gasteiger partial charge in [-0.1, -0.05) is 19.9 Å². The smallest absolute Gasteiger partial charge is 0.331 e. The van der Waals surface area contributed by atoms with Gasteiger partial charge in [0, 0.05) is 18.4 Å². The fraction of sp³-hybridized carbons (Fsp3) is 0.429. The summed E-state index contributed by atoms with van der Waals surface area (Å²) in [6.45, 7) is 3.94. The molecule has 1 rings (SSSR count). The van der Waals surface area contributed by atoms with Crippen LogP contribution in [0.25, 0.3) is 0 Å². The maximum Gasteiger partial charge on any atom is 0.331 e.